The summed E-state index contributed by atoms with van der Waals surface area (Å²) in [6, 6.07) is 10.3. The van der Waals surface area contributed by atoms with Crippen LogP contribution in [0, 0.1) is 6.92 Å². The zero-order chi connectivity index (χ0) is 27.1. The molecule has 10 heteroatoms. The van der Waals surface area contributed by atoms with E-state index in [0.717, 1.165) is 23.3 Å². The summed E-state index contributed by atoms with van der Waals surface area (Å²) in [4.78, 5) is 45.8. The van der Waals surface area contributed by atoms with Gasteiger partial charge in [-0.1, -0.05) is 42.4 Å². The summed E-state index contributed by atoms with van der Waals surface area (Å²) in [5.41, 5.74) is 3.84. The van der Waals surface area contributed by atoms with Gasteiger partial charge >= 0.3 is 5.97 Å². The van der Waals surface area contributed by atoms with E-state index in [9.17, 15) is 14.4 Å². The first kappa shape index (κ1) is 26.1. The first-order valence-electron chi connectivity index (χ1n) is 12.3. The zero-order valence-electron chi connectivity index (χ0n) is 21.4. The largest absolute Gasteiger partial charge is 0.496 e. The van der Waals surface area contributed by atoms with Crippen molar-refractivity contribution in [3.8, 4) is 5.75 Å². The monoisotopic (exact) mass is 595 g/mol. The van der Waals surface area contributed by atoms with Gasteiger partial charge in [0.25, 0.3) is 11.5 Å². The number of methoxy groups -OCH3 is 1. The van der Waals surface area contributed by atoms with Crippen LogP contribution in [-0.4, -0.2) is 30.2 Å². The van der Waals surface area contributed by atoms with Gasteiger partial charge in [0.05, 0.1) is 41.1 Å². The number of hydrogen-bond donors (Lipinski definition) is 1. The average molecular weight is 597 g/mol. The lowest BCUT2D eigenvalue weighted by atomic mass is 9.94. The summed E-state index contributed by atoms with van der Waals surface area (Å²) in [6.07, 6.45) is 1.28. The molecular formula is C28H26BrN3O5S. The maximum atomic E-state index is 14.1. The fourth-order valence-corrected chi connectivity index (χ4v) is 6.52. The van der Waals surface area contributed by atoms with Crippen LogP contribution in [0.5, 0.6) is 5.75 Å². The molecule has 0 aliphatic carbocycles. The highest BCUT2D eigenvalue weighted by atomic mass is 79.9. The molecule has 0 spiro atoms. The number of anilines is 1. The number of carbonyl (C=O) groups excluding carboxylic acids is 2. The summed E-state index contributed by atoms with van der Waals surface area (Å²) >= 11 is 4.70. The molecule has 0 saturated carbocycles. The number of fused-ring (bicyclic) bond motifs is 2. The van der Waals surface area contributed by atoms with Crippen molar-refractivity contribution in [1.82, 2.24) is 4.57 Å². The molecule has 1 amide bonds. The first-order chi connectivity index (χ1) is 18.3. The van der Waals surface area contributed by atoms with Crippen LogP contribution in [0.1, 0.15) is 49.4 Å². The van der Waals surface area contributed by atoms with E-state index in [4.69, 9.17) is 14.5 Å². The minimum absolute atomic E-state index is 0.186. The van der Waals surface area contributed by atoms with Crippen LogP contribution in [0.15, 0.2) is 61.9 Å². The number of hydrogen-bond acceptors (Lipinski definition) is 7. The van der Waals surface area contributed by atoms with Gasteiger partial charge in [0.1, 0.15) is 10.3 Å². The number of aromatic nitrogens is 1. The number of carbonyl (C=O) groups is 2. The van der Waals surface area contributed by atoms with Crippen molar-refractivity contribution >= 4 is 50.4 Å². The number of benzene rings is 2. The van der Waals surface area contributed by atoms with E-state index >= 15 is 0 Å². The molecule has 0 saturated heterocycles. The summed E-state index contributed by atoms with van der Waals surface area (Å²) in [5, 5.41) is 2.86. The number of halogens is 1. The SMILES string of the molecule is CCCC1=C(C(=O)OCC)[C@@H](c2ccc(OC)c(Br)c2)n2c(s/c(=C3\C(=O)Nc4ccc(C)cc43)c2=O)=N1. The molecule has 1 atom stereocenters. The van der Waals surface area contributed by atoms with Gasteiger partial charge in [-0.15, -0.1) is 0 Å². The van der Waals surface area contributed by atoms with E-state index in [1.165, 1.54) is 4.57 Å². The second-order valence-electron chi connectivity index (χ2n) is 9.01. The Morgan fingerprint density at radius 3 is 2.66 bits per heavy atom. The number of nitrogens with one attached hydrogen (secondary N) is 1. The summed E-state index contributed by atoms with van der Waals surface area (Å²) in [6.45, 7) is 5.87. The molecule has 0 unspecified atom stereocenters. The highest BCUT2D eigenvalue weighted by molar-refractivity contribution is 9.10. The number of nitrogens with zero attached hydrogens (tertiary/aromatic N) is 2. The normalized spacial score (nSPS) is 17.5. The van der Waals surface area contributed by atoms with E-state index in [0.29, 0.717) is 55.1 Å². The lowest BCUT2D eigenvalue weighted by Gasteiger charge is -2.26. The molecule has 0 fully saturated rings. The molecule has 8 nitrogen and oxygen atoms in total. The molecule has 3 aromatic rings. The van der Waals surface area contributed by atoms with Crippen molar-refractivity contribution in [1.29, 1.82) is 0 Å². The van der Waals surface area contributed by atoms with Crippen molar-refractivity contribution in [3.63, 3.8) is 0 Å². The number of esters is 1. The third kappa shape index (κ3) is 4.31. The van der Waals surface area contributed by atoms with Crippen LogP contribution in [0.25, 0.3) is 5.57 Å². The maximum Gasteiger partial charge on any atom is 0.338 e. The molecule has 38 heavy (non-hydrogen) atoms. The number of allylic oxidation sites excluding steroid dienone is 1. The van der Waals surface area contributed by atoms with Gasteiger partial charge < -0.3 is 14.8 Å². The van der Waals surface area contributed by atoms with Crippen molar-refractivity contribution < 1.29 is 19.1 Å². The minimum Gasteiger partial charge on any atom is -0.496 e. The molecule has 196 valence electrons. The Kier molecular flexibility index (Phi) is 7.11. The maximum absolute atomic E-state index is 14.1. The number of amides is 1. The van der Waals surface area contributed by atoms with E-state index < -0.39 is 12.0 Å². The lowest BCUT2D eigenvalue weighted by molar-refractivity contribution is -0.139. The van der Waals surface area contributed by atoms with Gasteiger partial charge in [-0.3, -0.25) is 14.2 Å². The van der Waals surface area contributed by atoms with Crippen molar-refractivity contribution in [2.45, 2.75) is 39.7 Å². The third-order valence-electron chi connectivity index (χ3n) is 6.51. The van der Waals surface area contributed by atoms with E-state index in [-0.39, 0.29) is 22.6 Å². The van der Waals surface area contributed by atoms with Crippen molar-refractivity contribution in [2.75, 3.05) is 19.0 Å². The number of thiazole rings is 1. The van der Waals surface area contributed by atoms with E-state index in [2.05, 4.69) is 21.2 Å². The fourth-order valence-electron chi connectivity index (χ4n) is 4.85. The minimum atomic E-state index is -0.787. The Hall–Kier alpha value is -3.50. The molecule has 0 radical (unpaired) electrons. The first-order valence-corrected chi connectivity index (χ1v) is 13.9. The Morgan fingerprint density at radius 2 is 1.97 bits per heavy atom. The number of ether oxygens (including phenoxy) is 2. The standard InChI is InChI=1S/C28H26BrN3O5S/c1-5-7-19-22(27(35)37-6-2)23(15-9-11-20(36-4)17(29)13-15)32-26(34)24(38-28(32)31-19)21-16-12-14(3)8-10-18(16)30-25(21)33/h8-13,23H,5-7H2,1-4H3,(H,30,33)/b24-21-/t23-/m1/s1. The molecule has 1 aromatic heterocycles. The van der Waals surface area contributed by atoms with Crippen LogP contribution in [0.4, 0.5) is 5.69 Å². The lowest BCUT2D eigenvalue weighted by Crippen LogP contribution is -2.40. The van der Waals surface area contributed by atoms with Crippen molar-refractivity contribution in [2.24, 2.45) is 4.99 Å². The van der Waals surface area contributed by atoms with Crippen molar-refractivity contribution in [3.05, 3.63) is 88.5 Å². The second-order valence-corrected chi connectivity index (χ2v) is 10.8. The topological polar surface area (TPSA) is 99.0 Å². The quantitative estimate of drug-likeness (QED) is 0.435. The molecule has 2 aliphatic heterocycles. The second kappa shape index (κ2) is 10.3. The average Bonchev–Trinajstić information content (AvgIpc) is 3.38. The fraction of sp³-hybridized carbons (Fsp3) is 0.286. The van der Waals surface area contributed by atoms with Crippen LogP contribution in [0.3, 0.4) is 0 Å². The molecule has 0 bridgehead atoms. The van der Waals surface area contributed by atoms with Crippen LogP contribution in [-0.2, 0) is 14.3 Å². The molecular weight excluding hydrogens is 570 g/mol. The van der Waals surface area contributed by atoms with Crippen LogP contribution in [0.2, 0.25) is 0 Å². The van der Waals surface area contributed by atoms with E-state index in [1.54, 1.807) is 20.1 Å². The Labute approximate surface area is 231 Å². The van der Waals surface area contributed by atoms with Gasteiger partial charge in [0, 0.05) is 11.3 Å². The molecule has 2 aliphatic rings. The van der Waals surface area contributed by atoms with E-state index in [1.807, 2.05) is 44.2 Å². The summed E-state index contributed by atoms with van der Waals surface area (Å²) < 4.78 is 13.3. The number of rotatable bonds is 6. The predicted octanol–water partition coefficient (Wildman–Crippen LogP) is 3.98. The Morgan fingerprint density at radius 1 is 1.18 bits per heavy atom. The Balaban J connectivity index is 1.85. The van der Waals surface area contributed by atoms with Crippen LogP contribution < -0.4 is 24.9 Å². The van der Waals surface area contributed by atoms with Gasteiger partial charge in [-0.25, -0.2) is 9.79 Å². The Bertz CT molecular complexity index is 1700. The molecule has 1 N–H and O–H groups in total. The van der Waals surface area contributed by atoms with Gasteiger partial charge in [-0.05, 0) is 66.0 Å². The highest BCUT2D eigenvalue weighted by Gasteiger charge is 2.36. The molecule has 3 heterocycles. The summed E-state index contributed by atoms with van der Waals surface area (Å²) in [7, 11) is 1.57. The third-order valence-corrected chi connectivity index (χ3v) is 8.18. The van der Waals surface area contributed by atoms with Gasteiger partial charge in [0.2, 0.25) is 0 Å². The predicted molar refractivity (Wildman–Crippen MR) is 149 cm³/mol. The summed E-state index contributed by atoms with van der Waals surface area (Å²) in [5.74, 6) is -0.236. The van der Waals surface area contributed by atoms with Gasteiger partial charge in [0.15, 0.2) is 4.80 Å². The van der Waals surface area contributed by atoms with Gasteiger partial charge in [-0.2, -0.15) is 0 Å². The van der Waals surface area contributed by atoms with Crippen LogP contribution >= 0.6 is 27.3 Å². The zero-order valence-corrected chi connectivity index (χ0v) is 23.8. The molecule has 5 rings (SSSR count). The smallest absolute Gasteiger partial charge is 0.338 e. The highest BCUT2D eigenvalue weighted by Crippen LogP contribution is 2.36. The number of aryl methyl sites for hydroxylation is 1. The molecule has 2 aromatic carbocycles.